The smallest absolute Gasteiger partial charge is 0.310 e. The minimum atomic E-state index is -0.631. The zero-order chi connectivity index (χ0) is 16.4. The van der Waals surface area contributed by atoms with Gasteiger partial charge in [0.25, 0.3) is 0 Å². The van der Waals surface area contributed by atoms with Gasteiger partial charge in [-0.25, -0.2) is 4.98 Å². The van der Waals surface area contributed by atoms with E-state index in [0.29, 0.717) is 11.4 Å². The lowest BCUT2D eigenvalue weighted by atomic mass is 9.91. The molecule has 1 aliphatic rings. The van der Waals surface area contributed by atoms with Crippen molar-refractivity contribution in [3.05, 3.63) is 40.4 Å². The first-order valence-electron chi connectivity index (χ1n) is 7.72. The summed E-state index contributed by atoms with van der Waals surface area (Å²) >= 11 is 7.64. The highest BCUT2D eigenvalue weighted by Crippen LogP contribution is 2.42. The second-order valence-electron chi connectivity index (χ2n) is 5.98. The molecule has 0 radical (unpaired) electrons. The Morgan fingerprint density at radius 3 is 3.00 bits per heavy atom. The van der Waals surface area contributed by atoms with Crippen LogP contribution >= 0.6 is 22.9 Å². The zero-order valence-electron chi connectivity index (χ0n) is 13.1. The fourth-order valence-electron chi connectivity index (χ4n) is 2.88. The van der Waals surface area contributed by atoms with Crippen LogP contribution in [-0.4, -0.2) is 11.0 Å². The van der Waals surface area contributed by atoms with Crippen molar-refractivity contribution in [3.8, 4) is 0 Å². The van der Waals surface area contributed by atoms with Gasteiger partial charge in [0.2, 0.25) is 0 Å². The Labute approximate surface area is 144 Å². The predicted octanol–water partition coefficient (Wildman–Crippen LogP) is 5.12. The number of halogens is 1. The van der Waals surface area contributed by atoms with Gasteiger partial charge < -0.3 is 10.1 Å². The molecule has 2 unspecified atom stereocenters. The molecule has 2 aromatic rings. The molecule has 0 amide bonds. The van der Waals surface area contributed by atoms with Gasteiger partial charge in [-0.2, -0.15) is 0 Å². The minimum absolute atomic E-state index is 0.0216. The standard InChI is InChI=1S/C17H19ClN2O2S/c1-3-6-11-9-17(2,22-15(11)21)14-10-23-16(20-14)19-13-8-5-4-7-12(13)18/h4-5,7-8,10-11H,3,6,9H2,1-2H3,(H,19,20). The SMILES string of the molecule is CCCC1CC(C)(c2csc(Nc3ccccc3Cl)n2)OC1=O. The molecule has 2 heterocycles. The van der Waals surface area contributed by atoms with Crippen LogP contribution in [0, 0.1) is 5.92 Å². The Morgan fingerprint density at radius 1 is 1.48 bits per heavy atom. The Hall–Kier alpha value is -1.59. The zero-order valence-corrected chi connectivity index (χ0v) is 14.7. The molecule has 1 fully saturated rings. The number of esters is 1. The first kappa shape index (κ1) is 16.3. The van der Waals surface area contributed by atoms with Crippen LogP contribution in [0.1, 0.15) is 38.8 Å². The lowest BCUT2D eigenvalue weighted by Crippen LogP contribution is -2.21. The fourth-order valence-corrected chi connectivity index (χ4v) is 3.91. The van der Waals surface area contributed by atoms with Gasteiger partial charge in [-0.1, -0.05) is 37.1 Å². The van der Waals surface area contributed by atoms with E-state index in [4.69, 9.17) is 16.3 Å². The third-order valence-electron chi connectivity index (χ3n) is 4.09. The molecule has 3 rings (SSSR count). The maximum atomic E-state index is 12.0. The van der Waals surface area contributed by atoms with Crippen LogP contribution in [-0.2, 0) is 15.1 Å². The van der Waals surface area contributed by atoms with E-state index in [2.05, 4.69) is 17.2 Å². The number of ether oxygens (including phenoxy) is 1. The number of hydrogen-bond acceptors (Lipinski definition) is 5. The van der Waals surface area contributed by atoms with Crippen LogP contribution in [0.2, 0.25) is 5.02 Å². The average molecular weight is 351 g/mol. The molecule has 23 heavy (non-hydrogen) atoms. The summed E-state index contributed by atoms with van der Waals surface area (Å²) in [6, 6.07) is 7.53. The Morgan fingerprint density at radius 2 is 2.26 bits per heavy atom. The first-order chi connectivity index (χ1) is 11.0. The van der Waals surface area contributed by atoms with E-state index >= 15 is 0 Å². The van der Waals surface area contributed by atoms with E-state index in [9.17, 15) is 4.79 Å². The molecule has 0 bridgehead atoms. The molecule has 1 aliphatic heterocycles. The molecule has 0 spiro atoms. The van der Waals surface area contributed by atoms with Crippen molar-refractivity contribution in [2.45, 2.75) is 38.7 Å². The highest BCUT2D eigenvalue weighted by Gasteiger charge is 2.45. The van der Waals surface area contributed by atoms with E-state index in [1.165, 1.54) is 11.3 Å². The number of nitrogens with one attached hydrogen (secondary N) is 1. The lowest BCUT2D eigenvalue weighted by Gasteiger charge is -2.19. The van der Waals surface area contributed by atoms with Crippen molar-refractivity contribution < 1.29 is 9.53 Å². The third kappa shape index (κ3) is 3.35. The summed E-state index contributed by atoms with van der Waals surface area (Å²) < 4.78 is 5.64. The van der Waals surface area contributed by atoms with Crippen LogP contribution in [0.15, 0.2) is 29.6 Å². The number of benzene rings is 1. The molecule has 1 saturated heterocycles. The Balaban J connectivity index is 1.77. The number of hydrogen-bond donors (Lipinski definition) is 1. The van der Waals surface area contributed by atoms with Gasteiger partial charge in [0.1, 0.15) is 0 Å². The highest BCUT2D eigenvalue weighted by molar-refractivity contribution is 7.13. The summed E-state index contributed by atoms with van der Waals surface area (Å²) in [6.45, 7) is 4.02. The average Bonchev–Trinajstić information content (AvgIpc) is 3.08. The van der Waals surface area contributed by atoms with Crippen molar-refractivity contribution in [2.24, 2.45) is 5.92 Å². The second-order valence-corrected chi connectivity index (χ2v) is 7.25. The van der Waals surface area contributed by atoms with Crippen molar-refractivity contribution >= 4 is 39.7 Å². The molecular weight excluding hydrogens is 332 g/mol. The monoisotopic (exact) mass is 350 g/mol. The lowest BCUT2D eigenvalue weighted by molar-refractivity contribution is -0.150. The topological polar surface area (TPSA) is 51.2 Å². The highest BCUT2D eigenvalue weighted by atomic mass is 35.5. The Kier molecular flexibility index (Phi) is 4.60. The van der Waals surface area contributed by atoms with Crippen molar-refractivity contribution in [1.82, 2.24) is 4.98 Å². The Bertz CT molecular complexity index is 718. The summed E-state index contributed by atoms with van der Waals surface area (Å²) in [7, 11) is 0. The van der Waals surface area contributed by atoms with Gasteiger partial charge in [0.05, 0.1) is 22.3 Å². The van der Waals surface area contributed by atoms with Crippen LogP contribution in [0.25, 0.3) is 0 Å². The van der Waals surface area contributed by atoms with Crippen molar-refractivity contribution in [3.63, 3.8) is 0 Å². The van der Waals surface area contributed by atoms with Gasteiger partial charge in [0.15, 0.2) is 10.7 Å². The van der Waals surface area contributed by atoms with E-state index in [-0.39, 0.29) is 11.9 Å². The maximum absolute atomic E-state index is 12.0. The number of thiazole rings is 1. The quantitative estimate of drug-likeness (QED) is 0.760. The molecule has 1 aromatic heterocycles. The summed E-state index contributed by atoms with van der Waals surface area (Å²) in [4.78, 5) is 16.6. The number of para-hydroxylation sites is 1. The molecule has 0 saturated carbocycles. The van der Waals surface area contributed by atoms with Gasteiger partial charge in [0, 0.05) is 11.8 Å². The third-order valence-corrected chi connectivity index (χ3v) is 5.18. The summed E-state index contributed by atoms with van der Waals surface area (Å²) in [5, 5.41) is 6.55. The van der Waals surface area contributed by atoms with Gasteiger partial charge in [-0.05, 0) is 25.5 Å². The fraction of sp³-hybridized carbons (Fsp3) is 0.412. The van der Waals surface area contributed by atoms with Gasteiger partial charge in [-0.3, -0.25) is 4.79 Å². The van der Waals surface area contributed by atoms with Crippen molar-refractivity contribution in [1.29, 1.82) is 0 Å². The molecule has 0 aliphatic carbocycles. The van der Waals surface area contributed by atoms with E-state index in [1.54, 1.807) is 0 Å². The number of aromatic nitrogens is 1. The van der Waals surface area contributed by atoms with Crippen LogP contribution in [0.3, 0.4) is 0 Å². The predicted molar refractivity (Wildman–Crippen MR) is 93.3 cm³/mol. The van der Waals surface area contributed by atoms with Gasteiger partial charge in [-0.15, -0.1) is 11.3 Å². The summed E-state index contributed by atoms with van der Waals surface area (Å²) in [6.07, 6.45) is 2.53. The molecule has 1 N–H and O–H groups in total. The second kappa shape index (κ2) is 6.49. The van der Waals surface area contributed by atoms with Crippen LogP contribution in [0.4, 0.5) is 10.8 Å². The van der Waals surface area contributed by atoms with Crippen molar-refractivity contribution in [2.75, 3.05) is 5.32 Å². The largest absolute Gasteiger partial charge is 0.453 e. The molecule has 1 aromatic carbocycles. The number of anilines is 2. The van der Waals surface area contributed by atoms with Gasteiger partial charge >= 0.3 is 5.97 Å². The first-order valence-corrected chi connectivity index (χ1v) is 8.98. The number of rotatable bonds is 5. The number of carbonyl (C=O) groups is 1. The number of carbonyl (C=O) groups excluding carboxylic acids is 1. The molecular formula is C17H19ClN2O2S. The van der Waals surface area contributed by atoms with E-state index in [0.717, 1.165) is 29.4 Å². The molecule has 6 heteroatoms. The van der Waals surface area contributed by atoms with Crippen LogP contribution in [0.5, 0.6) is 0 Å². The molecule has 2 atom stereocenters. The number of cyclic esters (lactones) is 1. The summed E-state index contributed by atoms with van der Waals surface area (Å²) in [5.74, 6) is -0.130. The molecule has 4 nitrogen and oxygen atoms in total. The van der Waals surface area contributed by atoms with Crippen LogP contribution < -0.4 is 5.32 Å². The van der Waals surface area contributed by atoms with E-state index < -0.39 is 5.60 Å². The maximum Gasteiger partial charge on any atom is 0.310 e. The van der Waals surface area contributed by atoms with E-state index in [1.807, 2.05) is 36.6 Å². The normalized spacial score (nSPS) is 23.8. The minimum Gasteiger partial charge on any atom is -0.453 e. The number of nitrogens with zero attached hydrogens (tertiary/aromatic N) is 1. The summed E-state index contributed by atoms with van der Waals surface area (Å²) in [5.41, 5.74) is 0.977. The molecule has 122 valence electrons.